The van der Waals surface area contributed by atoms with Crippen LogP contribution in [0.15, 0.2) is 76.3 Å². The van der Waals surface area contributed by atoms with Crippen LogP contribution in [-0.2, 0) is 0 Å². The zero-order valence-electron chi connectivity index (χ0n) is 14.6. The molecular weight excluding hydrogens is 436 g/mol. The number of nitrogens with zero attached hydrogens (tertiary/aromatic N) is 4. The lowest BCUT2D eigenvalue weighted by Gasteiger charge is -1.98. The van der Waals surface area contributed by atoms with Gasteiger partial charge in [-0.1, -0.05) is 60.7 Å². The van der Waals surface area contributed by atoms with Gasteiger partial charge in [-0.05, 0) is 45.9 Å². The fraction of sp³-hybridized carbons (Fsp3) is 0. The summed E-state index contributed by atoms with van der Waals surface area (Å²) in [4.78, 5) is 0. The number of allylic oxidation sites excluding steroid dienone is 1. The molecule has 138 valence electrons. The summed E-state index contributed by atoms with van der Waals surface area (Å²) < 4.78 is 2.75. The minimum atomic E-state index is 0.391. The highest BCUT2D eigenvalue weighted by Gasteiger charge is 2.12. The molecule has 0 aliphatic heterocycles. The summed E-state index contributed by atoms with van der Waals surface area (Å²) in [5.74, 6) is 0.552. The Labute approximate surface area is 174 Å². The van der Waals surface area contributed by atoms with Crippen molar-refractivity contribution in [2.45, 2.75) is 0 Å². The van der Waals surface area contributed by atoms with E-state index in [4.69, 9.17) is 12.2 Å². The van der Waals surface area contributed by atoms with E-state index in [1.165, 1.54) is 0 Å². The third-order valence-electron chi connectivity index (χ3n) is 3.94. The summed E-state index contributed by atoms with van der Waals surface area (Å²) in [5.41, 5.74) is 3.62. The molecule has 0 fully saturated rings. The van der Waals surface area contributed by atoms with Crippen LogP contribution in [0.1, 0.15) is 5.56 Å². The molecule has 0 saturated heterocycles. The van der Waals surface area contributed by atoms with Crippen LogP contribution in [0.5, 0.6) is 0 Å². The van der Waals surface area contributed by atoms with Gasteiger partial charge in [0, 0.05) is 10.0 Å². The second-order valence-electron chi connectivity index (χ2n) is 5.88. The SMILES string of the molecule is S=c1[nH]nc(-c2cc(-c3ccccc3)n[nH]2)n1/N=C\C(Br)=C/c1ccccc1. The highest BCUT2D eigenvalue weighted by Crippen LogP contribution is 2.22. The summed E-state index contributed by atoms with van der Waals surface area (Å²) in [7, 11) is 0. The van der Waals surface area contributed by atoms with E-state index < -0.39 is 0 Å². The van der Waals surface area contributed by atoms with E-state index >= 15 is 0 Å². The maximum Gasteiger partial charge on any atom is 0.216 e. The van der Waals surface area contributed by atoms with E-state index in [0.717, 1.165) is 21.3 Å². The van der Waals surface area contributed by atoms with Gasteiger partial charge in [0.15, 0.2) is 0 Å². The number of halogens is 1. The van der Waals surface area contributed by atoms with E-state index in [-0.39, 0.29) is 0 Å². The average molecular weight is 451 g/mol. The van der Waals surface area contributed by atoms with Gasteiger partial charge in [0.05, 0.1) is 11.9 Å². The fourth-order valence-electron chi connectivity index (χ4n) is 2.62. The molecule has 2 aromatic carbocycles. The Kier molecular flexibility index (Phi) is 5.41. The molecule has 0 saturated carbocycles. The molecule has 2 heterocycles. The van der Waals surface area contributed by atoms with Crippen LogP contribution in [0.4, 0.5) is 0 Å². The number of hydrogen-bond donors (Lipinski definition) is 2. The van der Waals surface area contributed by atoms with Gasteiger partial charge in [0.1, 0.15) is 5.69 Å². The summed E-state index contributed by atoms with van der Waals surface area (Å²) in [6.45, 7) is 0. The molecule has 0 aliphatic rings. The van der Waals surface area contributed by atoms with Crippen LogP contribution < -0.4 is 0 Å². The maximum atomic E-state index is 5.32. The predicted octanol–water partition coefficient (Wildman–Crippen LogP) is 5.27. The summed E-state index contributed by atoms with van der Waals surface area (Å²) in [5, 5.41) is 18.9. The molecule has 0 unspecified atom stereocenters. The summed E-state index contributed by atoms with van der Waals surface area (Å²) in [6.07, 6.45) is 3.65. The van der Waals surface area contributed by atoms with E-state index in [9.17, 15) is 0 Å². The van der Waals surface area contributed by atoms with Crippen molar-refractivity contribution in [3.63, 3.8) is 0 Å². The third kappa shape index (κ3) is 4.08. The lowest BCUT2D eigenvalue weighted by molar-refractivity contribution is 0.866. The standard InChI is InChI=1S/C20H15BrN6S/c21-16(11-14-7-3-1-4-8-14)13-22-27-19(25-26-20(27)28)18-12-17(23-24-18)15-9-5-2-6-10-15/h1-13H,(H,23,24)(H,26,28)/b16-11+,22-13-. The Bertz CT molecular complexity index is 1190. The first-order valence-corrected chi connectivity index (χ1v) is 9.66. The van der Waals surface area contributed by atoms with Gasteiger partial charge in [-0.25, -0.2) is 5.10 Å². The molecule has 4 rings (SSSR count). The Morgan fingerprint density at radius 2 is 1.71 bits per heavy atom. The smallest absolute Gasteiger partial charge is 0.216 e. The first kappa shape index (κ1) is 18.3. The van der Waals surface area contributed by atoms with Crippen molar-refractivity contribution >= 4 is 40.4 Å². The number of rotatable bonds is 5. The van der Waals surface area contributed by atoms with Gasteiger partial charge in [-0.3, -0.25) is 5.10 Å². The van der Waals surface area contributed by atoms with Crippen LogP contribution in [0.2, 0.25) is 0 Å². The van der Waals surface area contributed by atoms with Crippen molar-refractivity contribution < 1.29 is 0 Å². The minimum Gasteiger partial charge on any atom is -0.274 e. The van der Waals surface area contributed by atoms with Gasteiger partial charge < -0.3 is 0 Å². The third-order valence-corrected chi connectivity index (χ3v) is 4.64. The topological polar surface area (TPSA) is 74.7 Å². The molecule has 28 heavy (non-hydrogen) atoms. The van der Waals surface area contributed by atoms with Gasteiger partial charge in [0.25, 0.3) is 0 Å². The minimum absolute atomic E-state index is 0.391. The van der Waals surface area contributed by atoms with Gasteiger partial charge >= 0.3 is 0 Å². The largest absolute Gasteiger partial charge is 0.274 e. The Balaban J connectivity index is 1.63. The van der Waals surface area contributed by atoms with E-state index in [1.54, 1.807) is 10.9 Å². The van der Waals surface area contributed by atoms with Crippen LogP contribution >= 0.6 is 28.1 Å². The molecule has 0 amide bonds. The number of aromatic amines is 2. The molecule has 8 heteroatoms. The van der Waals surface area contributed by atoms with Gasteiger partial charge in [0.2, 0.25) is 10.6 Å². The lowest BCUT2D eigenvalue weighted by Crippen LogP contribution is -1.94. The molecule has 6 nitrogen and oxygen atoms in total. The molecule has 0 aliphatic carbocycles. The number of H-pyrrole nitrogens is 2. The highest BCUT2D eigenvalue weighted by atomic mass is 79.9. The predicted molar refractivity (Wildman–Crippen MR) is 118 cm³/mol. The number of aromatic nitrogens is 5. The number of hydrogen-bond acceptors (Lipinski definition) is 4. The monoisotopic (exact) mass is 450 g/mol. The van der Waals surface area contributed by atoms with Crippen molar-refractivity contribution in [2.75, 3.05) is 0 Å². The van der Waals surface area contributed by atoms with Crippen molar-refractivity contribution in [1.29, 1.82) is 0 Å². The van der Waals surface area contributed by atoms with Crippen LogP contribution in [0.25, 0.3) is 28.9 Å². The molecule has 0 bridgehead atoms. The molecule has 0 radical (unpaired) electrons. The zero-order chi connectivity index (χ0) is 19.3. The van der Waals surface area contributed by atoms with Crippen molar-refractivity contribution in [3.05, 3.63) is 81.5 Å². The molecule has 0 spiro atoms. The average Bonchev–Trinajstić information content (AvgIpc) is 3.35. The lowest BCUT2D eigenvalue weighted by atomic mass is 10.1. The second-order valence-corrected chi connectivity index (χ2v) is 7.18. The Hall–Kier alpha value is -3.10. The van der Waals surface area contributed by atoms with Crippen LogP contribution in [0.3, 0.4) is 0 Å². The summed E-state index contributed by atoms with van der Waals surface area (Å²) >= 11 is 8.83. The Morgan fingerprint density at radius 3 is 2.46 bits per heavy atom. The van der Waals surface area contributed by atoms with Crippen molar-refractivity contribution in [3.8, 4) is 22.8 Å². The van der Waals surface area contributed by atoms with E-state index in [1.807, 2.05) is 72.8 Å². The van der Waals surface area contributed by atoms with Crippen molar-refractivity contribution in [1.82, 2.24) is 25.1 Å². The molecule has 4 aromatic rings. The fourth-order valence-corrected chi connectivity index (χ4v) is 3.16. The number of benzene rings is 2. The van der Waals surface area contributed by atoms with E-state index in [0.29, 0.717) is 16.3 Å². The highest BCUT2D eigenvalue weighted by molar-refractivity contribution is 9.12. The van der Waals surface area contributed by atoms with Gasteiger partial charge in [-0.2, -0.15) is 20.0 Å². The van der Waals surface area contributed by atoms with Gasteiger partial charge in [-0.15, -0.1) is 0 Å². The molecule has 0 atom stereocenters. The number of nitrogens with one attached hydrogen (secondary N) is 2. The summed E-state index contributed by atoms with van der Waals surface area (Å²) in [6, 6.07) is 21.8. The van der Waals surface area contributed by atoms with E-state index in [2.05, 4.69) is 41.4 Å². The normalized spacial score (nSPS) is 12.0. The molecular formula is C20H15BrN6S. The first-order chi connectivity index (χ1) is 13.7. The molecule has 2 N–H and O–H groups in total. The zero-order valence-corrected chi connectivity index (χ0v) is 17.0. The maximum absolute atomic E-state index is 5.32. The van der Waals surface area contributed by atoms with Crippen molar-refractivity contribution in [2.24, 2.45) is 5.10 Å². The second kappa shape index (κ2) is 8.28. The quantitative estimate of drug-likeness (QED) is 0.321. The Morgan fingerprint density at radius 1 is 1.00 bits per heavy atom. The van der Waals surface area contributed by atoms with Crippen LogP contribution in [0, 0.1) is 4.77 Å². The molecule has 2 aromatic heterocycles. The van der Waals surface area contributed by atoms with Crippen LogP contribution in [-0.4, -0.2) is 31.3 Å². The first-order valence-electron chi connectivity index (χ1n) is 8.46.